The van der Waals surface area contributed by atoms with E-state index in [1.165, 1.54) is 7.11 Å². The molecule has 1 N–H and O–H groups in total. The molecule has 3 aliphatic rings. The summed E-state index contributed by atoms with van der Waals surface area (Å²) in [6.07, 6.45) is 2.19. The summed E-state index contributed by atoms with van der Waals surface area (Å²) in [7, 11) is 1.31. The summed E-state index contributed by atoms with van der Waals surface area (Å²) in [5, 5.41) is 2.86. The van der Waals surface area contributed by atoms with Crippen LogP contribution >= 0.6 is 0 Å². The van der Waals surface area contributed by atoms with Gasteiger partial charge in [0.15, 0.2) is 17.3 Å². The van der Waals surface area contributed by atoms with Crippen LogP contribution in [0.25, 0.3) is 0 Å². The number of carbonyl (C=O) groups excluding carboxylic acids is 2. The third-order valence-corrected chi connectivity index (χ3v) is 6.34. The fourth-order valence-corrected chi connectivity index (χ4v) is 4.68. The summed E-state index contributed by atoms with van der Waals surface area (Å²) in [4.78, 5) is 38.3. The maximum absolute atomic E-state index is 13.4. The molecule has 35 heavy (non-hydrogen) atoms. The van der Waals surface area contributed by atoms with Crippen molar-refractivity contribution in [2.75, 3.05) is 48.5 Å². The first-order chi connectivity index (χ1) is 16.7. The lowest BCUT2D eigenvalue weighted by Crippen LogP contribution is -2.48. The predicted octanol–water partition coefficient (Wildman–Crippen LogP) is 2.73. The number of rotatable bonds is 5. The van der Waals surface area contributed by atoms with Crippen LogP contribution in [0.3, 0.4) is 0 Å². The molecule has 5 rings (SSSR count). The van der Waals surface area contributed by atoms with E-state index in [1.54, 1.807) is 23.2 Å². The van der Waals surface area contributed by atoms with E-state index >= 15 is 0 Å². The number of anilines is 3. The van der Waals surface area contributed by atoms with Crippen LogP contribution in [0.15, 0.2) is 24.4 Å². The second kappa shape index (κ2) is 8.97. The lowest BCUT2D eigenvalue weighted by Gasteiger charge is -2.36. The van der Waals surface area contributed by atoms with E-state index in [0.717, 1.165) is 18.7 Å². The Hall–Kier alpha value is -3.44. The number of methoxy groups -OCH3 is 1. The average Bonchev–Trinajstić information content (AvgIpc) is 3.41. The van der Waals surface area contributed by atoms with E-state index in [-0.39, 0.29) is 23.9 Å². The monoisotopic (exact) mass is 483 g/mol. The molecule has 0 radical (unpaired) electrons. The molecule has 11 heteroatoms. The minimum absolute atomic E-state index is 0.0643. The van der Waals surface area contributed by atoms with Gasteiger partial charge < -0.3 is 23.8 Å². The third kappa shape index (κ3) is 4.61. The Morgan fingerprint density at radius 2 is 2.14 bits per heavy atom. The molecule has 2 atom stereocenters. The molecule has 1 unspecified atom stereocenters. The van der Waals surface area contributed by atoms with Crippen molar-refractivity contribution >= 4 is 29.3 Å². The first-order valence-corrected chi connectivity index (χ1v) is 11.6. The standard InChI is InChI=1S/C24H29N5O6/c1-14-9-18-21(27-20(14)22(30)32-4)29(15-6-8-28(18)11-15)23(31)26-19-10-16(5-7-25-19)33-12-17-13-34-24(2,3)35-17/h5,7,9-10,15,17H,6,8,11-13H2,1-4H3,(H,25,26,31)/t15?,17-/m0/s1. The van der Waals surface area contributed by atoms with Crippen LogP contribution in [0, 0.1) is 6.92 Å². The van der Waals surface area contributed by atoms with E-state index in [1.807, 2.05) is 26.8 Å². The van der Waals surface area contributed by atoms with Crippen molar-refractivity contribution in [2.24, 2.45) is 0 Å². The maximum atomic E-state index is 13.4. The van der Waals surface area contributed by atoms with Gasteiger partial charge >= 0.3 is 12.0 Å². The molecule has 186 valence electrons. The van der Waals surface area contributed by atoms with Crippen LogP contribution in [-0.2, 0) is 14.2 Å². The minimum atomic E-state index is -0.619. The van der Waals surface area contributed by atoms with Crippen molar-refractivity contribution in [3.05, 3.63) is 35.7 Å². The Kier molecular flexibility index (Phi) is 5.97. The number of hydrogen-bond acceptors (Lipinski definition) is 9. The second-order valence-corrected chi connectivity index (χ2v) is 9.32. The van der Waals surface area contributed by atoms with Gasteiger partial charge in [0.05, 0.1) is 25.4 Å². The van der Waals surface area contributed by atoms with Gasteiger partial charge in [-0.15, -0.1) is 0 Å². The Morgan fingerprint density at radius 1 is 1.31 bits per heavy atom. The normalized spacial score (nSPS) is 22.1. The first-order valence-electron chi connectivity index (χ1n) is 11.6. The van der Waals surface area contributed by atoms with Gasteiger partial charge in [0.2, 0.25) is 0 Å². The first kappa shape index (κ1) is 23.3. The number of carbonyl (C=O) groups is 2. The Labute approximate surface area is 203 Å². The zero-order valence-corrected chi connectivity index (χ0v) is 20.2. The summed E-state index contributed by atoms with van der Waals surface area (Å²) in [5.74, 6) is 0.183. The highest BCUT2D eigenvalue weighted by Gasteiger charge is 2.41. The molecule has 2 saturated heterocycles. The smallest absolute Gasteiger partial charge is 0.357 e. The number of hydrogen-bond donors (Lipinski definition) is 1. The van der Waals surface area contributed by atoms with Gasteiger partial charge in [-0.1, -0.05) is 0 Å². The molecule has 11 nitrogen and oxygen atoms in total. The summed E-state index contributed by atoms with van der Waals surface area (Å²) in [6.45, 7) is 7.82. The van der Waals surface area contributed by atoms with E-state index in [9.17, 15) is 9.59 Å². The molecular formula is C24H29N5O6. The fourth-order valence-electron chi connectivity index (χ4n) is 4.68. The van der Waals surface area contributed by atoms with Crippen LogP contribution in [0.5, 0.6) is 5.75 Å². The molecule has 2 amide bonds. The molecule has 0 spiro atoms. The largest absolute Gasteiger partial charge is 0.491 e. The zero-order valence-electron chi connectivity index (χ0n) is 20.2. The maximum Gasteiger partial charge on any atom is 0.357 e. The molecule has 2 aromatic heterocycles. The average molecular weight is 484 g/mol. The minimum Gasteiger partial charge on any atom is -0.491 e. The molecule has 0 aliphatic carbocycles. The molecule has 0 saturated carbocycles. The number of amides is 2. The Balaban J connectivity index is 1.33. The number of esters is 1. The van der Waals surface area contributed by atoms with Gasteiger partial charge in [-0.05, 0) is 44.9 Å². The van der Waals surface area contributed by atoms with Gasteiger partial charge in [0.1, 0.15) is 24.3 Å². The number of nitrogens with one attached hydrogen (secondary N) is 1. The highest BCUT2D eigenvalue weighted by molar-refractivity contribution is 6.05. The Bertz CT molecular complexity index is 1160. The number of fused-ring (bicyclic) bond motifs is 4. The summed E-state index contributed by atoms with van der Waals surface area (Å²) < 4.78 is 22.0. The van der Waals surface area contributed by atoms with Crippen molar-refractivity contribution in [1.82, 2.24) is 9.97 Å². The number of nitrogens with zero attached hydrogens (tertiary/aromatic N) is 4. The number of aryl methyl sites for hydroxylation is 1. The molecule has 3 aliphatic heterocycles. The highest BCUT2D eigenvalue weighted by Crippen LogP contribution is 2.40. The highest BCUT2D eigenvalue weighted by atomic mass is 16.7. The fraction of sp³-hybridized carbons (Fsp3) is 0.500. The molecule has 5 heterocycles. The summed E-state index contributed by atoms with van der Waals surface area (Å²) in [6, 6.07) is 4.83. The molecule has 0 aromatic carbocycles. The van der Waals surface area contributed by atoms with Crippen molar-refractivity contribution in [3.63, 3.8) is 0 Å². The van der Waals surface area contributed by atoms with Crippen molar-refractivity contribution < 1.29 is 28.5 Å². The van der Waals surface area contributed by atoms with Crippen LogP contribution in [0.1, 0.15) is 36.3 Å². The zero-order chi connectivity index (χ0) is 24.7. The quantitative estimate of drug-likeness (QED) is 0.641. The van der Waals surface area contributed by atoms with Crippen LogP contribution < -0.4 is 19.9 Å². The summed E-state index contributed by atoms with van der Waals surface area (Å²) in [5.41, 5.74) is 1.72. The molecule has 2 bridgehead atoms. The van der Waals surface area contributed by atoms with Gasteiger partial charge in [0.25, 0.3) is 0 Å². The van der Waals surface area contributed by atoms with Gasteiger partial charge in [-0.2, -0.15) is 0 Å². The summed E-state index contributed by atoms with van der Waals surface area (Å²) >= 11 is 0. The lowest BCUT2D eigenvalue weighted by molar-refractivity contribution is -0.141. The number of urea groups is 1. The van der Waals surface area contributed by atoms with Gasteiger partial charge in [-0.3, -0.25) is 10.2 Å². The number of pyridine rings is 2. The van der Waals surface area contributed by atoms with Gasteiger partial charge in [0, 0.05) is 25.4 Å². The Morgan fingerprint density at radius 3 is 2.89 bits per heavy atom. The van der Waals surface area contributed by atoms with E-state index in [0.29, 0.717) is 42.7 Å². The number of ether oxygens (including phenoxy) is 4. The van der Waals surface area contributed by atoms with E-state index in [2.05, 4.69) is 20.2 Å². The third-order valence-electron chi connectivity index (χ3n) is 6.34. The van der Waals surface area contributed by atoms with Crippen LogP contribution in [-0.4, -0.2) is 73.3 Å². The van der Waals surface area contributed by atoms with E-state index < -0.39 is 11.8 Å². The van der Waals surface area contributed by atoms with Crippen LogP contribution in [0.2, 0.25) is 0 Å². The molecule has 2 fully saturated rings. The van der Waals surface area contributed by atoms with E-state index in [4.69, 9.17) is 18.9 Å². The van der Waals surface area contributed by atoms with Crippen LogP contribution in [0.4, 0.5) is 22.1 Å². The predicted molar refractivity (Wildman–Crippen MR) is 127 cm³/mol. The number of aromatic nitrogens is 2. The molecule has 2 aromatic rings. The SMILES string of the molecule is COC(=O)c1nc2c(cc1C)N1CCC(C1)N2C(=O)Nc1cc(OC[C@H]2COC(C)(C)O2)ccn1. The topological polar surface area (TPSA) is 115 Å². The van der Waals surface area contributed by atoms with Crippen molar-refractivity contribution in [3.8, 4) is 5.75 Å². The van der Waals surface area contributed by atoms with Gasteiger partial charge in [-0.25, -0.2) is 19.6 Å². The second-order valence-electron chi connectivity index (χ2n) is 9.32. The lowest BCUT2D eigenvalue weighted by atomic mass is 10.1. The molecular weight excluding hydrogens is 454 g/mol. The van der Waals surface area contributed by atoms with Crippen molar-refractivity contribution in [1.29, 1.82) is 0 Å². The van der Waals surface area contributed by atoms with Crippen molar-refractivity contribution in [2.45, 2.75) is 45.1 Å².